The summed E-state index contributed by atoms with van der Waals surface area (Å²) in [6, 6.07) is 0. The first kappa shape index (κ1) is 14.1. The van der Waals surface area contributed by atoms with E-state index in [1.807, 2.05) is 0 Å². The van der Waals surface area contributed by atoms with Crippen molar-refractivity contribution < 1.29 is 29.8 Å². The third-order valence-corrected chi connectivity index (χ3v) is 8.69. The second kappa shape index (κ2) is 3.86. The Labute approximate surface area is 105 Å². The van der Waals surface area contributed by atoms with E-state index in [0.29, 0.717) is 0 Å². The summed E-state index contributed by atoms with van der Waals surface area (Å²) in [6.07, 6.45) is -2.95. The zero-order valence-electron chi connectivity index (χ0n) is 9.73. The number of hydrogen-bond acceptors (Lipinski definition) is 5. The Morgan fingerprint density at radius 2 is 1.61 bits per heavy atom. The predicted octanol–water partition coefficient (Wildman–Crippen LogP) is 0.708. The standard InChI is InChI=1S/C9H14F2O5S2/c1-16-17(12,13)6-8(2-3-8)18(14,15)9(4-5-9)7(10)11/h7H,2-6H2,1H3. The summed E-state index contributed by atoms with van der Waals surface area (Å²) in [5, 5.41) is 0. The van der Waals surface area contributed by atoms with Crippen LogP contribution in [0.4, 0.5) is 8.78 Å². The predicted molar refractivity (Wildman–Crippen MR) is 59.6 cm³/mol. The lowest BCUT2D eigenvalue weighted by molar-refractivity contribution is 0.132. The number of halogens is 2. The third-order valence-electron chi connectivity index (χ3n) is 3.75. The molecule has 0 amide bonds. The van der Waals surface area contributed by atoms with Gasteiger partial charge in [0.1, 0.15) is 4.75 Å². The van der Waals surface area contributed by atoms with Crippen LogP contribution in [0.2, 0.25) is 0 Å². The molecule has 18 heavy (non-hydrogen) atoms. The molecule has 0 N–H and O–H groups in total. The molecule has 0 radical (unpaired) electrons. The molecule has 0 atom stereocenters. The number of hydrogen-bond donors (Lipinski definition) is 0. The van der Waals surface area contributed by atoms with Crippen LogP contribution in [0.1, 0.15) is 25.7 Å². The highest BCUT2D eigenvalue weighted by Crippen LogP contribution is 2.59. The minimum Gasteiger partial charge on any atom is -0.273 e. The minimum atomic E-state index is -4.17. The highest BCUT2D eigenvalue weighted by atomic mass is 32.2. The fourth-order valence-electron chi connectivity index (χ4n) is 2.17. The molecule has 5 nitrogen and oxygen atoms in total. The number of sulfone groups is 1. The SMILES string of the molecule is COS(=O)(=O)CC1(S(=O)(=O)C2(C(F)F)CC2)CC1. The van der Waals surface area contributed by atoms with Crippen LogP contribution in [0.15, 0.2) is 0 Å². The smallest absolute Gasteiger partial charge is 0.268 e. The topological polar surface area (TPSA) is 77.5 Å². The van der Waals surface area contributed by atoms with Gasteiger partial charge < -0.3 is 0 Å². The molecule has 0 aromatic rings. The molecule has 2 saturated carbocycles. The maximum atomic E-state index is 12.9. The van der Waals surface area contributed by atoms with Gasteiger partial charge in [-0.05, 0) is 25.7 Å². The molecule has 106 valence electrons. The van der Waals surface area contributed by atoms with E-state index in [1.165, 1.54) is 0 Å². The quantitative estimate of drug-likeness (QED) is 0.675. The van der Waals surface area contributed by atoms with Gasteiger partial charge in [0.25, 0.3) is 16.5 Å². The lowest BCUT2D eigenvalue weighted by Crippen LogP contribution is -2.44. The molecule has 0 spiro atoms. The first-order valence-corrected chi connectivity index (χ1v) is 8.49. The van der Waals surface area contributed by atoms with Gasteiger partial charge in [-0.1, -0.05) is 0 Å². The summed E-state index contributed by atoms with van der Waals surface area (Å²) in [4.78, 5) is 0. The maximum absolute atomic E-state index is 12.9. The lowest BCUT2D eigenvalue weighted by atomic mass is 10.4. The fraction of sp³-hybridized carbons (Fsp3) is 1.00. The van der Waals surface area contributed by atoms with Crippen molar-refractivity contribution in [1.29, 1.82) is 0 Å². The Bertz CT molecular complexity index is 544. The zero-order valence-corrected chi connectivity index (χ0v) is 11.4. The summed E-state index contributed by atoms with van der Waals surface area (Å²) >= 11 is 0. The molecule has 0 unspecified atom stereocenters. The summed E-state index contributed by atoms with van der Waals surface area (Å²) in [5.74, 6) is -0.729. The average Bonchev–Trinajstić information content (AvgIpc) is 3.11. The van der Waals surface area contributed by atoms with Crippen molar-refractivity contribution in [3.63, 3.8) is 0 Å². The van der Waals surface area contributed by atoms with Gasteiger partial charge in [0.15, 0.2) is 9.84 Å². The van der Waals surface area contributed by atoms with Gasteiger partial charge >= 0.3 is 0 Å². The van der Waals surface area contributed by atoms with Crippen LogP contribution in [0, 0.1) is 0 Å². The summed E-state index contributed by atoms with van der Waals surface area (Å²) in [6.45, 7) is 0. The molecule has 2 aliphatic carbocycles. The molecule has 0 saturated heterocycles. The normalized spacial score (nSPS) is 25.1. The molecule has 0 aliphatic heterocycles. The van der Waals surface area contributed by atoms with E-state index in [1.54, 1.807) is 0 Å². The number of rotatable bonds is 6. The van der Waals surface area contributed by atoms with Crippen LogP contribution in [0.5, 0.6) is 0 Å². The monoisotopic (exact) mass is 304 g/mol. The van der Waals surface area contributed by atoms with E-state index < -0.39 is 41.6 Å². The highest BCUT2D eigenvalue weighted by molar-refractivity contribution is 7.96. The summed E-state index contributed by atoms with van der Waals surface area (Å²) in [5.41, 5.74) is 0. The van der Waals surface area contributed by atoms with Crippen LogP contribution in [-0.4, -0.2) is 45.6 Å². The molecular weight excluding hydrogens is 290 g/mol. The Balaban J connectivity index is 2.32. The van der Waals surface area contributed by atoms with Crippen molar-refractivity contribution in [3.05, 3.63) is 0 Å². The average molecular weight is 304 g/mol. The van der Waals surface area contributed by atoms with Gasteiger partial charge in [-0.3, -0.25) is 4.18 Å². The van der Waals surface area contributed by atoms with Crippen molar-refractivity contribution in [2.75, 3.05) is 12.9 Å². The van der Waals surface area contributed by atoms with Crippen LogP contribution in [-0.2, 0) is 24.1 Å². The highest BCUT2D eigenvalue weighted by Gasteiger charge is 2.72. The molecule has 2 rings (SSSR count). The van der Waals surface area contributed by atoms with Crippen molar-refractivity contribution in [1.82, 2.24) is 0 Å². The van der Waals surface area contributed by atoms with E-state index in [0.717, 1.165) is 7.11 Å². The van der Waals surface area contributed by atoms with Crippen molar-refractivity contribution in [2.24, 2.45) is 0 Å². The number of alkyl halides is 2. The van der Waals surface area contributed by atoms with E-state index >= 15 is 0 Å². The summed E-state index contributed by atoms with van der Waals surface area (Å²) < 4.78 is 73.6. The first-order chi connectivity index (χ1) is 8.13. The minimum absolute atomic E-state index is 0.0955. The van der Waals surface area contributed by atoms with Crippen LogP contribution < -0.4 is 0 Å². The van der Waals surface area contributed by atoms with Gasteiger partial charge in [-0.2, -0.15) is 8.42 Å². The molecule has 0 aromatic heterocycles. The van der Waals surface area contributed by atoms with Crippen molar-refractivity contribution in [3.8, 4) is 0 Å². The van der Waals surface area contributed by atoms with Gasteiger partial charge in [0.05, 0.1) is 17.6 Å². The molecule has 2 aliphatic rings. The first-order valence-electron chi connectivity index (χ1n) is 5.43. The molecular formula is C9H14F2O5S2. The Morgan fingerprint density at radius 3 is 1.89 bits per heavy atom. The van der Waals surface area contributed by atoms with Crippen molar-refractivity contribution >= 4 is 20.0 Å². The van der Waals surface area contributed by atoms with Crippen LogP contribution >= 0.6 is 0 Å². The Kier molecular flexibility index (Phi) is 3.03. The maximum Gasteiger partial charge on any atom is 0.268 e. The molecule has 2 fully saturated rings. The van der Waals surface area contributed by atoms with E-state index in [-0.39, 0.29) is 25.7 Å². The molecule has 9 heteroatoms. The second-order valence-electron chi connectivity index (χ2n) is 4.92. The third kappa shape index (κ3) is 1.87. The van der Waals surface area contributed by atoms with Crippen LogP contribution in [0.25, 0.3) is 0 Å². The Morgan fingerprint density at radius 1 is 1.11 bits per heavy atom. The molecule has 0 aromatic carbocycles. The van der Waals surface area contributed by atoms with Gasteiger partial charge in [-0.15, -0.1) is 0 Å². The molecule has 0 heterocycles. The Hall–Kier alpha value is -0.280. The van der Waals surface area contributed by atoms with Crippen molar-refractivity contribution in [2.45, 2.75) is 41.6 Å². The lowest BCUT2D eigenvalue weighted by Gasteiger charge is -2.22. The second-order valence-corrected chi connectivity index (χ2v) is 9.34. The van der Waals surface area contributed by atoms with E-state index in [9.17, 15) is 25.6 Å². The van der Waals surface area contributed by atoms with E-state index in [4.69, 9.17) is 0 Å². The van der Waals surface area contributed by atoms with E-state index in [2.05, 4.69) is 4.18 Å². The largest absolute Gasteiger partial charge is 0.273 e. The van der Waals surface area contributed by atoms with Crippen LogP contribution in [0.3, 0.4) is 0 Å². The molecule has 0 bridgehead atoms. The zero-order chi connectivity index (χ0) is 13.8. The van der Waals surface area contributed by atoms with Gasteiger partial charge in [0.2, 0.25) is 0 Å². The fourth-order valence-corrected chi connectivity index (χ4v) is 6.65. The summed E-state index contributed by atoms with van der Waals surface area (Å²) in [7, 11) is -7.22. The van der Waals surface area contributed by atoms with Gasteiger partial charge in [-0.25, -0.2) is 17.2 Å². The van der Waals surface area contributed by atoms with Gasteiger partial charge in [0, 0.05) is 0 Å².